The van der Waals surface area contributed by atoms with Gasteiger partial charge in [-0.05, 0) is 36.4 Å². The lowest BCUT2D eigenvalue weighted by Gasteiger charge is -2.28. The number of amides is 1. The highest BCUT2D eigenvalue weighted by Crippen LogP contribution is 2.32. The zero-order valence-electron chi connectivity index (χ0n) is 16.7. The molecule has 0 saturated carbocycles. The molecule has 0 unspecified atom stereocenters. The molecule has 9 nitrogen and oxygen atoms in total. The highest BCUT2D eigenvalue weighted by Gasteiger charge is 2.31. The molecule has 160 valence electrons. The molecule has 3 N–H and O–H groups in total. The Kier molecular flexibility index (Phi) is 6.03. The maximum Gasteiger partial charge on any atom is 0.261 e. The summed E-state index contributed by atoms with van der Waals surface area (Å²) in [7, 11) is 0. The molecule has 9 heteroatoms. The molecule has 1 aromatic heterocycles. The van der Waals surface area contributed by atoms with Crippen molar-refractivity contribution in [1.29, 1.82) is 0 Å². The van der Waals surface area contributed by atoms with Crippen LogP contribution >= 0.6 is 0 Å². The smallest absolute Gasteiger partial charge is 0.261 e. The summed E-state index contributed by atoms with van der Waals surface area (Å²) in [6, 6.07) is 8.57. The van der Waals surface area contributed by atoms with Crippen LogP contribution in [0.25, 0.3) is 0 Å². The van der Waals surface area contributed by atoms with Crippen LogP contribution in [0, 0.1) is 0 Å². The molecule has 0 radical (unpaired) electrons. The third-order valence-corrected chi connectivity index (χ3v) is 5.37. The van der Waals surface area contributed by atoms with Crippen molar-refractivity contribution in [2.75, 3.05) is 26.6 Å². The summed E-state index contributed by atoms with van der Waals surface area (Å²) in [5.41, 5.74) is 1.12. The van der Waals surface area contributed by atoms with Gasteiger partial charge in [0.1, 0.15) is 5.56 Å². The van der Waals surface area contributed by atoms with Crippen LogP contribution in [0.2, 0.25) is 0 Å². The van der Waals surface area contributed by atoms with Crippen LogP contribution in [-0.2, 0) is 17.8 Å². The number of aromatic nitrogens is 1. The van der Waals surface area contributed by atoms with Gasteiger partial charge < -0.3 is 29.6 Å². The van der Waals surface area contributed by atoms with Crippen LogP contribution in [0.1, 0.15) is 28.5 Å². The van der Waals surface area contributed by atoms with Gasteiger partial charge in [0, 0.05) is 18.8 Å². The molecule has 3 heterocycles. The number of benzene rings is 1. The van der Waals surface area contributed by atoms with E-state index in [1.807, 2.05) is 17.9 Å². The second kappa shape index (κ2) is 8.86. The minimum atomic E-state index is -0.544. The van der Waals surface area contributed by atoms with Crippen LogP contribution in [0.3, 0.4) is 0 Å². The van der Waals surface area contributed by atoms with Gasteiger partial charge in [-0.3, -0.25) is 14.5 Å². The van der Waals surface area contributed by atoms with Crippen LogP contribution in [0.5, 0.6) is 11.5 Å². The van der Waals surface area contributed by atoms with Gasteiger partial charge in [0.05, 0.1) is 25.4 Å². The fourth-order valence-corrected chi connectivity index (χ4v) is 3.68. The number of aliphatic hydroxyl groups excluding tert-OH is 1. The van der Waals surface area contributed by atoms with Crippen molar-refractivity contribution < 1.29 is 24.1 Å². The highest BCUT2D eigenvalue weighted by atomic mass is 16.7. The summed E-state index contributed by atoms with van der Waals surface area (Å²) in [5, 5.41) is 12.8. The maximum atomic E-state index is 12.5. The van der Waals surface area contributed by atoms with E-state index in [0.29, 0.717) is 43.5 Å². The first-order chi connectivity index (χ1) is 14.5. The second-order valence-electron chi connectivity index (χ2n) is 7.33. The molecule has 1 fully saturated rings. The Hall–Kier alpha value is -2.88. The van der Waals surface area contributed by atoms with E-state index in [1.165, 1.54) is 6.07 Å². The first kappa shape index (κ1) is 20.4. The molecule has 2 aliphatic rings. The van der Waals surface area contributed by atoms with Crippen molar-refractivity contribution in [1.82, 2.24) is 15.2 Å². The average molecular weight is 415 g/mol. The second-order valence-corrected chi connectivity index (χ2v) is 7.33. The normalized spacial score (nSPS) is 20.0. The number of hydrogen-bond donors (Lipinski definition) is 3. The van der Waals surface area contributed by atoms with Crippen molar-refractivity contribution in [3.8, 4) is 11.5 Å². The minimum absolute atomic E-state index is 0.0479. The monoisotopic (exact) mass is 415 g/mol. The molecule has 0 aliphatic carbocycles. The van der Waals surface area contributed by atoms with E-state index in [2.05, 4.69) is 10.3 Å². The molecule has 1 amide bonds. The summed E-state index contributed by atoms with van der Waals surface area (Å²) >= 11 is 0. The van der Waals surface area contributed by atoms with Gasteiger partial charge in [-0.25, -0.2) is 0 Å². The number of ether oxygens (including phenoxy) is 3. The molecular weight excluding hydrogens is 390 g/mol. The Morgan fingerprint density at radius 2 is 2.07 bits per heavy atom. The van der Waals surface area contributed by atoms with E-state index in [4.69, 9.17) is 14.2 Å². The van der Waals surface area contributed by atoms with Crippen molar-refractivity contribution >= 4 is 5.91 Å². The first-order valence-corrected chi connectivity index (χ1v) is 9.94. The average Bonchev–Trinajstić information content (AvgIpc) is 3.38. The molecule has 1 saturated heterocycles. The summed E-state index contributed by atoms with van der Waals surface area (Å²) in [4.78, 5) is 29.7. The Morgan fingerprint density at radius 1 is 1.23 bits per heavy atom. The van der Waals surface area contributed by atoms with Gasteiger partial charge in [0.15, 0.2) is 11.5 Å². The van der Waals surface area contributed by atoms with E-state index in [9.17, 15) is 14.7 Å². The predicted octanol–water partition coefficient (Wildman–Crippen LogP) is 0.615. The number of carbonyl (C=O) groups is 1. The summed E-state index contributed by atoms with van der Waals surface area (Å²) in [6.07, 6.45) is -0.544. The van der Waals surface area contributed by atoms with Gasteiger partial charge in [-0.2, -0.15) is 0 Å². The van der Waals surface area contributed by atoms with Crippen LogP contribution < -0.4 is 20.3 Å². The number of aliphatic hydroxyl groups is 1. The number of fused-ring (bicyclic) bond motifs is 1. The molecule has 30 heavy (non-hydrogen) atoms. The SMILES string of the molecule is CCN(Cc1ccc(C(=O)NCc2ccc3c(c2)OCO3)c(=O)[nH]1)[C@@H]1COC[C@H]1O. The van der Waals surface area contributed by atoms with Crippen molar-refractivity contribution in [3.05, 3.63) is 57.5 Å². The lowest BCUT2D eigenvalue weighted by molar-refractivity contribution is 0.0801. The van der Waals surface area contributed by atoms with Crippen LogP contribution in [0.4, 0.5) is 0 Å². The van der Waals surface area contributed by atoms with Gasteiger partial charge in [0.25, 0.3) is 11.5 Å². The third kappa shape index (κ3) is 4.33. The van der Waals surface area contributed by atoms with Gasteiger partial charge >= 0.3 is 0 Å². The maximum absolute atomic E-state index is 12.5. The lowest BCUT2D eigenvalue weighted by Crippen LogP contribution is -2.42. The van der Waals surface area contributed by atoms with Crippen molar-refractivity contribution in [3.63, 3.8) is 0 Å². The largest absolute Gasteiger partial charge is 0.454 e. The number of nitrogens with zero attached hydrogens (tertiary/aromatic N) is 1. The van der Waals surface area contributed by atoms with Gasteiger partial charge in [-0.15, -0.1) is 0 Å². The molecule has 2 atom stereocenters. The first-order valence-electron chi connectivity index (χ1n) is 9.94. The third-order valence-electron chi connectivity index (χ3n) is 5.37. The predicted molar refractivity (Wildman–Crippen MR) is 107 cm³/mol. The summed E-state index contributed by atoms with van der Waals surface area (Å²) in [5.74, 6) is 0.865. The van der Waals surface area contributed by atoms with Crippen molar-refractivity contribution in [2.45, 2.75) is 32.2 Å². The van der Waals surface area contributed by atoms with Crippen molar-refractivity contribution in [2.24, 2.45) is 0 Å². The molecule has 2 aromatic rings. The van der Waals surface area contributed by atoms with E-state index in [1.54, 1.807) is 18.2 Å². The fraction of sp³-hybridized carbons (Fsp3) is 0.429. The van der Waals surface area contributed by atoms with E-state index < -0.39 is 17.6 Å². The number of rotatable bonds is 7. The van der Waals surface area contributed by atoms with E-state index >= 15 is 0 Å². The Balaban J connectivity index is 1.38. The van der Waals surface area contributed by atoms with Crippen LogP contribution in [-0.4, -0.2) is 59.6 Å². The minimum Gasteiger partial charge on any atom is -0.454 e. The van der Waals surface area contributed by atoms with E-state index in [-0.39, 0.29) is 24.9 Å². The standard InChI is InChI=1S/C21H25N3O6/c1-2-24(16-10-28-11-17(16)25)9-14-4-5-15(21(27)23-14)20(26)22-8-13-3-6-18-19(7-13)30-12-29-18/h3-7,16-17,25H,2,8-12H2,1H3,(H,22,26)(H,23,27)/t16-,17-/m1/s1. The molecule has 0 bridgehead atoms. The number of pyridine rings is 1. The quantitative estimate of drug-likeness (QED) is 0.607. The molecule has 0 spiro atoms. The topological polar surface area (TPSA) is 113 Å². The number of hydrogen-bond acceptors (Lipinski definition) is 7. The lowest BCUT2D eigenvalue weighted by atomic mass is 10.1. The Bertz CT molecular complexity index is 975. The van der Waals surface area contributed by atoms with Gasteiger partial charge in [0.2, 0.25) is 6.79 Å². The Morgan fingerprint density at radius 3 is 2.80 bits per heavy atom. The molecule has 1 aromatic carbocycles. The number of aromatic amines is 1. The Labute approximate surface area is 173 Å². The molecule has 4 rings (SSSR count). The van der Waals surface area contributed by atoms with Gasteiger partial charge in [-0.1, -0.05) is 13.0 Å². The number of H-pyrrole nitrogens is 1. The van der Waals surface area contributed by atoms with E-state index in [0.717, 1.165) is 5.56 Å². The highest BCUT2D eigenvalue weighted by molar-refractivity contribution is 5.93. The fourth-order valence-electron chi connectivity index (χ4n) is 3.68. The zero-order valence-corrected chi connectivity index (χ0v) is 16.7. The molecule has 2 aliphatic heterocycles. The number of likely N-dealkylation sites (N-methyl/N-ethyl adjacent to an activating group) is 1. The van der Waals surface area contributed by atoms with Crippen LogP contribution in [0.15, 0.2) is 35.1 Å². The summed E-state index contributed by atoms with van der Waals surface area (Å²) < 4.78 is 15.9. The summed E-state index contributed by atoms with van der Waals surface area (Å²) in [6.45, 7) is 4.37. The molecular formula is C21H25N3O6. The number of carbonyl (C=O) groups excluding carboxylic acids is 1. The zero-order chi connectivity index (χ0) is 21.1. The number of nitrogens with one attached hydrogen (secondary N) is 2.